The summed E-state index contributed by atoms with van der Waals surface area (Å²) >= 11 is 5.71. The molecule has 4 nitrogen and oxygen atoms in total. The largest absolute Gasteiger partial charge is 0.462 e. The summed E-state index contributed by atoms with van der Waals surface area (Å²) in [6.07, 6.45) is 0.984. The number of halogens is 2. The SMILES string of the molecule is OCc1ccc(CN[C@H]2CCN(c3ccc(Cl)c(F)c3)C2)o1. The molecule has 1 atom stereocenters. The number of hydrogen-bond donors (Lipinski definition) is 2. The normalized spacial score (nSPS) is 18.1. The summed E-state index contributed by atoms with van der Waals surface area (Å²) < 4.78 is 19.0. The Hall–Kier alpha value is -1.56. The predicted octanol–water partition coefficient (Wildman–Crippen LogP) is 2.93. The van der Waals surface area contributed by atoms with Gasteiger partial charge in [-0.3, -0.25) is 0 Å². The van der Waals surface area contributed by atoms with Crippen molar-refractivity contribution in [1.82, 2.24) is 5.32 Å². The average Bonchev–Trinajstić information content (AvgIpc) is 3.16. The molecule has 1 aliphatic rings. The van der Waals surface area contributed by atoms with Crippen LogP contribution in [-0.4, -0.2) is 24.2 Å². The van der Waals surface area contributed by atoms with Gasteiger partial charge in [0.2, 0.25) is 0 Å². The Balaban J connectivity index is 1.54. The van der Waals surface area contributed by atoms with Crippen molar-refractivity contribution in [3.05, 3.63) is 52.7 Å². The lowest BCUT2D eigenvalue weighted by Crippen LogP contribution is -2.32. The van der Waals surface area contributed by atoms with Crippen LogP contribution >= 0.6 is 11.6 Å². The second-order valence-corrected chi connectivity index (χ2v) is 5.84. The first-order chi connectivity index (χ1) is 10.7. The van der Waals surface area contributed by atoms with Crippen molar-refractivity contribution in [2.45, 2.75) is 25.6 Å². The molecule has 1 aromatic carbocycles. The Labute approximate surface area is 133 Å². The number of furan rings is 1. The topological polar surface area (TPSA) is 48.6 Å². The lowest BCUT2D eigenvalue weighted by molar-refractivity contribution is 0.242. The predicted molar refractivity (Wildman–Crippen MR) is 83.5 cm³/mol. The van der Waals surface area contributed by atoms with Gasteiger partial charge in [-0.1, -0.05) is 11.6 Å². The summed E-state index contributed by atoms with van der Waals surface area (Å²) in [6, 6.07) is 8.86. The minimum Gasteiger partial charge on any atom is -0.462 e. The van der Waals surface area contributed by atoms with Crippen LogP contribution in [0, 0.1) is 5.82 Å². The Morgan fingerprint density at radius 3 is 2.86 bits per heavy atom. The van der Waals surface area contributed by atoms with Crippen LogP contribution in [0.15, 0.2) is 34.7 Å². The molecule has 1 aliphatic heterocycles. The van der Waals surface area contributed by atoms with E-state index in [0.717, 1.165) is 31.0 Å². The molecule has 0 aliphatic carbocycles. The minimum absolute atomic E-state index is 0.0840. The molecule has 1 fully saturated rings. The van der Waals surface area contributed by atoms with Crippen LogP contribution in [0.25, 0.3) is 0 Å². The quantitative estimate of drug-likeness (QED) is 0.888. The van der Waals surface area contributed by atoms with Crippen LogP contribution in [0.3, 0.4) is 0 Å². The summed E-state index contributed by atoms with van der Waals surface area (Å²) in [7, 11) is 0. The molecule has 118 valence electrons. The van der Waals surface area contributed by atoms with E-state index in [1.807, 2.05) is 12.1 Å². The number of anilines is 1. The second kappa shape index (κ2) is 6.69. The maximum absolute atomic E-state index is 13.5. The fourth-order valence-corrected chi connectivity index (χ4v) is 2.81. The fourth-order valence-electron chi connectivity index (χ4n) is 2.69. The Morgan fingerprint density at radius 2 is 2.14 bits per heavy atom. The molecule has 6 heteroatoms. The highest BCUT2D eigenvalue weighted by Crippen LogP contribution is 2.25. The highest BCUT2D eigenvalue weighted by Gasteiger charge is 2.23. The van der Waals surface area contributed by atoms with Crippen LogP contribution in [-0.2, 0) is 13.2 Å². The molecule has 3 rings (SSSR count). The molecule has 0 bridgehead atoms. The number of rotatable bonds is 5. The first kappa shape index (κ1) is 15.3. The van der Waals surface area contributed by atoms with Gasteiger partial charge in [-0.2, -0.15) is 0 Å². The van der Waals surface area contributed by atoms with Crippen LogP contribution in [0.5, 0.6) is 0 Å². The van der Waals surface area contributed by atoms with Crippen molar-refractivity contribution in [3.63, 3.8) is 0 Å². The van der Waals surface area contributed by atoms with E-state index in [1.165, 1.54) is 6.07 Å². The maximum atomic E-state index is 13.5. The molecule has 0 saturated carbocycles. The number of hydrogen-bond acceptors (Lipinski definition) is 4. The van der Waals surface area contributed by atoms with Gasteiger partial charge < -0.3 is 19.7 Å². The fraction of sp³-hybridized carbons (Fsp3) is 0.375. The van der Waals surface area contributed by atoms with Gasteiger partial charge in [0, 0.05) is 24.8 Å². The average molecular weight is 325 g/mol. The monoisotopic (exact) mass is 324 g/mol. The summed E-state index contributed by atoms with van der Waals surface area (Å²) in [6.45, 7) is 2.22. The summed E-state index contributed by atoms with van der Waals surface area (Å²) in [5, 5.41) is 12.5. The van der Waals surface area contributed by atoms with Gasteiger partial charge in [0.15, 0.2) is 0 Å². The van der Waals surface area contributed by atoms with Crippen molar-refractivity contribution < 1.29 is 13.9 Å². The molecular formula is C16H18ClFN2O2. The van der Waals surface area contributed by atoms with Crippen LogP contribution in [0.1, 0.15) is 17.9 Å². The van der Waals surface area contributed by atoms with E-state index in [2.05, 4.69) is 10.2 Å². The third-order valence-electron chi connectivity index (χ3n) is 3.89. The van der Waals surface area contributed by atoms with E-state index in [0.29, 0.717) is 18.3 Å². The van der Waals surface area contributed by atoms with E-state index >= 15 is 0 Å². The van der Waals surface area contributed by atoms with Crippen molar-refractivity contribution in [2.24, 2.45) is 0 Å². The van der Waals surface area contributed by atoms with E-state index in [4.69, 9.17) is 21.1 Å². The van der Waals surface area contributed by atoms with Crippen molar-refractivity contribution in [2.75, 3.05) is 18.0 Å². The molecular weight excluding hydrogens is 307 g/mol. The zero-order chi connectivity index (χ0) is 15.5. The molecule has 22 heavy (non-hydrogen) atoms. The molecule has 0 amide bonds. The summed E-state index contributed by atoms with van der Waals surface area (Å²) in [5.41, 5.74) is 0.853. The Bertz CT molecular complexity index is 647. The van der Waals surface area contributed by atoms with Gasteiger partial charge in [0.1, 0.15) is 23.9 Å². The van der Waals surface area contributed by atoms with Crippen molar-refractivity contribution in [1.29, 1.82) is 0 Å². The van der Waals surface area contributed by atoms with Crippen LogP contribution < -0.4 is 10.2 Å². The van der Waals surface area contributed by atoms with Gasteiger partial charge in [-0.05, 0) is 36.8 Å². The lowest BCUT2D eigenvalue weighted by Gasteiger charge is -2.19. The maximum Gasteiger partial charge on any atom is 0.143 e. The third kappa shape index (κ3) is 3.43. The molecule has 2 aromatic rings. The summed E-state index contributed by atoms with van der Waals surface area (Å²) in [4.78, 5) is 2.14. The van der Waals surface area contributed by atoms with Crippen molar-refractivity contribution >= 4 is 17.3 Å². The van der Waals surface area contributed by atoms with Gasteiger partial charge in [-0.15, -0.1) is 0 Å². The number of aliphatic hydroxyl groups excluding tert-OH is 1. The third-order valence-corrected chi connectivity index (χ3v) is 4.20. The molecule has 0 spiro atoms. The van der Waals surface area contributed by atoms with Crippen LogP contribution in [0.2, 0.25) is 5.02 Å². The van der Waals surface area contributed by atoms with E-state index in [-0.39, 0.29) is 17.4 Å². The smallest absolute Gasteiger partial charge is 0.143 e. The van der Waals surface area contributed by atoms with Crippen LogP contribution in [0.4, 0.5) is 10.1 Å². The zero-order valence-corrected chi connectivity index (χ0v) is 12.8. The van der Waals surface area contributed by atoms with Crippen molar-refractivity contribution in [3.8, 4) is 0 Å². The number of benzene rings is 1. The van der Waals surface area contributed by atoms with Gasteiger partial charge in [-0.25, -0.2) is 4.39 Å². The highest BCUT2D eigenvalue weighted by atomic mass is 35.5. The molecule has 1 saturated heterocycles. The number of nitrogens with one attached hydrogen (secondary N) is 1. The van der Waals surface area contributed by atoms with E-state index in [1.54, 1.807) is 12.1 Å². The lowest BCUT2D eigenvalue weighted by atomic mass is 10.2. The van der Waals surface area contributed by atoms with Gasteiger partial charge >= 0.3 is 0 Å². The second-order valence-electron chi connectivity index (χ2n) is 5.44. The number of aliphatic hydroxyl groups is 1. The highest BCUT2D eigenvalue weighted by molar-refractivity contribution is 6.30. The first-order valence-electron chi connectivity index (χ1n) is 7.27. The molecule has 2 N–H and O–H groups in total. The van der Waals surface area contributed by atoms with Gasteiger partial charge in [0.05, 0.1) is 11.6 Å². The molecule has 0 unspecified atom stereocenters. The first-order valence-corrected chi connectivity index (χ1v) is 7.65. The Morgan fingerprint density at radius 1 is 1.32 bits per heavy atom. The van der Waals surface area contributed by atoms with E-state index < -0.39 is 0 Å². The molecule has 0 radical (unpaired) electrons. The van der Waals surface area contributed by atoms with Gasteiger partial charge in [0.25, 0.3) is 0 Å². The Kier molecular flexibility index (Phi) is 4.66. The zero-order valence-electron chi connectivity index (χ0n) is 12.1. The molecule has 2 heterocycles. The standard InChI is InChI=1S/C16H18ClFN2O2/c17-15-4-1-12(7-16(15)18)20-6-5-11(9-20)19-8-13-2-3-14(10-21)22-13/h1-4,7,11,19,21H,5-6,8-10H2/t11-/m0/s1. The minimum atomic E-state index is -0.386. The molecule has 1 aromatic heterocycles. The van der Waals surface area contributed by atoms with E-state index in [9.17, 15) is 4.39 Å². The number of nitrogens with zero attached hydrogens (tertiary/aromatic N) is 1. The summed E-state index contributed by atoms with van der Waals surface area (Å²) in [5.74, 6) is 0.990.